The van der Waals surface area contributed by atoms with Gasteiger partial charge in [0.05, 0.1) is 11.6 Å². The van der Waals surface area contributed by atoms with Crippen LogP contribution in [0.25, 0.3) is 4.96 Å². The quantitative estimate of drug-likeness (QED) is 0.924. The van der Waals surface area contributed by atoms with E-state index in [2.05, 4.69) is 4.98 Å². The first-order chi connectivity index (χ1) is 9.36. The van der Waals surface area contributed by atoms with E-state index in [-0.39, 0.29) is 12.8 Å². The van der Waals surface area contributed by atoms with Crippen molar-refractivity contribution in [1.29, 1.82) is 0 Å². The van der Waals surface area contributed by atoms with Crippen molar-refractivity contribution in [1.82, 2.24) is 9.38 Å². The number of nitrogens with two attached hydrogens (primary N) is 1. The summed E-state index contributed by atoms with van der Waals surface area (Å²) in [4.78, 5) is 5.27. The SMILES string of the molecule is NC1(Cc2cn3ccsc3n2)CCCC(C(F)(F)F)C1. The van der Waals surface area contributed by atoms with Crippen LogP contribution in [-0.2, 0) is 6.42 Å². The Bertz CT molecular complexity index is 575. The predicted molar refractivity (Wildman–Crippen MR) is 71.7 cm³/mol. The molecule has 2 atom stereocenters. The van der Waals surface area contributed by atoms with E-state index in [4.69, 9.17) is 5.73 Å². The monoisotopic (exact) mass is 303 g/mol. The van der Waals surface area contributed by atoms with Crippen LogP contribution in [0, 0.1) is 5.92 Å². The van der Waals surface area contributed by atoms with E-state index in [9.17, 15) is 13.2 Å². The third-order valence-corrected chi connectivity index (χ3v) is 4.79. The molecule has 7 heteroatoms. The molecule has 0 amide bonds. The van der Waals surface area contributed by atoms with Gasteiger partial charge in [0.1, 0.15) is 0 Å². The topological polar surface area (TPSA) is 43.3 Å². The lowest BCUT2D eigenvalue weighted by molar-refractivity contribution is -0.187. The van der Waals surface area contributed by atoms with Gasteiger partial charge in [-0.1, -0.05) is 6.42 Å². The highest BCUT2D eigenvalue weighted by molar-refractivity contribution is 7.15. The average molecular weight is 303 g/mol. The number of imidazole rings is 1. The van der Waals surface area contributed by atoms with Crippen LogP contribution in [0.4, 0.5) is 13.2 Å². The van der Waals surface area contributed by atoms with Gasteiger partial charge in [0.15, 0.2) is 4.96 Å². The number of thiazole rings is 1. The molecule has 0 aliphatic heterocycles. The third-order valence-electron chi connectivity index (χ3n) is 4.02. The Morgan fingerprint density at radius 2 is 2.30 bits per heavy atom. The lowest BCUT2D eigenvalue weighted by atomic mass is 9.74. The van der Waals surface area contributed by atoms with Gasteiger partial charge in [-0.05, 0) is 19.3 Å². The Kier molecular flexibility index (Phi) is 3.29. The van der Waals surface area contributed by atoms with Crippen molar-refractivity contribution in [3.63, 3.8) is 0 Å². The molecule has 1 aliphatic carbocycles. The molecule has 2 heterocycles. The van der Waals surface area contributed by atoms with Crippen LogP contribution < -0.4 is 5.73 Å². The molecule has 2 unspecified atom stereocenters. The summed E-state index contributed by atoms with van der Waals surface area (Å²) in [7, 11) is 0. The molecule has 2 aromatic heterocycles. The lowest BCUT2D eigenvalue weighted by Crippen LogP contribution is -2.49. The Morgan fingerprint density at radius 1 is 1.50 bits per heavy atom. The predicted octanol–water partition coefficient (Wildman–Crippen LogP) is 3.39. The Balaban J connectivity index is 1.76. The summed E-state index contributed by atoms with van der Waals surface area (Å²) in [5.74, 6) is -1.27. The van der Waals surface area contributed by atoms with Gasteiger partial charge in [-0.3, -0.25) is 4.40 Å². The van der Waals surface area contributed by atoms with Gasteiger partial charge in [0, 0.05) is 29.7 Å². The maximum Gasteiger partial charge on any atom is 0.391 e. The first-order valence-electron chi connectivity index (χ1n) is 6.62. The average Bonchev–Trinajstić information content (AvgIpc) is 2.87. The minimum Gasteiger partial charge on any atom is -0.325 e. The van der Waals surface area contributed by atoms with E-state index in [1.807, 2.05) is 22.2 Å². The fraction of sp³-hybridized carbons (Fsp3) is 0.615. The third kappa shape index (κ3) is 2.69. The number of alkyl halides is 3. The van der Waals surface area contributed by atoms with Crippen LogP contribution in [0.5, 0.6) is 0 Å². The fourth-order valence-corrected chi connectivity index (χ4v) is 3.78. The molecule has 1 fully saturated rings. The largest absolute Gasteiger partial charge is 0.391 e. The van der Waals surface area contributed by atoms with E-state index in [1.54, 1.807) is 0 Å². The summed E-state index contributed by atoms with van der Waals surface area (Å²) in [6.45, 7) is 0. The second kappa shape index (κ2) is 4.73. The van der Waals surface area contributed by atoms with Crippen molar-refractivity contribution in [3.05, 3.63) is 23.5 Å². The molecule has 110 valence electrons. The number of fused-ring (bicyclic) bond motifs is 1. The molecule has 2 aromatic rings. The van der Waals surface area contributed by atoms with E-state index in [0.717, 1.165) is 10.7 Å². The molecular weight excluding hydrogens is 287 g/mol. The van der Waals surface area contributed by atoms with Crippen LogP contribution in [0.3, 0.4) is 0 Å². The zero-order chi connectivity index (χ0) is 14.4. The van der Waals surface area contributed by atoms with Crippen molar-refractivity contribution in [3.8, 4) is 0 Å². The molecule has 0 saturated heterocycles. The highest BCUT2D eigenvalue weighted by atomic mass is 32.1. The van der Waals surface area contributed by atoms with E-state index in [0.29, 0.717) is 19.3 Å². The first-order valence-corrected chi connectivity index (χ1v) is 7.50. The number of hydrogen-bond donors (Lipinski definition) is 1. The van der Waals surface area contributed by atoms with Crippen LogP contribution in [0.2, 0.25) is 0 Å². The van der Waals surface area contributed by atoms with Gasteiger partial charge in [-0.2, -0.15) is 13.2 Å². The Hall–Kier alpha value is -1.08. The Morgan fingerprint density at radius 3 is 3.00 bits per heavy atom. The molecule has 0 radical (unpaired) electrons. The van der Waals surface area contributed by atoms with Crippen molar-refractivity contribution < 1.29 is 13.2 Å². The molecule has 0 spiro atoms. The first kappa shape index (κ1) is 13.9. The van der Waals surface area contributed by atoms with Crippen LogP contribution in [-0.4, -0.2) is 21.1 Å². The van der Waals surface area contributed by atoms with Crippen LogP contribution >= 0.6 is 11.3 Å². The maximum atomic E-state index is 12.9. The highest BCUT2D eigenvalue weighted by Gasteiger charge is 2.46. The number of rotatable bonds is 2. The van der Waals surface area contributed by atoms with Crippen molar-refractivity contribution in [2.45, 2.75) is 43.8 Å². The number of hydrogen-bond acceptors (Lipinski definition) is 3. The van der Waals surface area contributed by atoms with Crippen molar-refractivity contribution in [2.75, 3.05) is 0 Å². The molecule has 3 rings (SSSR count). The number of aromatic nitrogens is 2. The maximum absolute atomic E-state index is 12.9. The molecular formula is C13H16F3N3S. The second-order valence-corrected chi connectivity index (χ2v) is 6.57. The molecule has 1 aliphatic rings. The van der Waals surface area contributed by atoms with Gasteiger partial charge in [-0.25, -0.2) is 4.98 Å². The van der Waals surface area contributed by atoms with Crippen molar-refractivity contribution >= 4 is 16.3 Å². The van der Waals surface area contributed by atoms with Gasteiger partial charge in [0.2, 0.25) is 0 Å². The standard InChI is InChI=1S/C13H16F3N3S/c14-13(15,16)9-2-1-3-12(17,6-9)7-10-8-19-4-5-20-11(19)18-10/h4-5,8-9H,1-3,6-7,17H2. The molecule has 1 saturated carbocycles. The second-order valence-electron chi connectivity index (χ2n) is 5.70. The smallest absolute Gasteiger partial charge is 0.325 e. The zero-order valence-electron chi connectivity index (χ0n) is 10.9. The summed E-state index contributed by atoms with van der Waals surface area (Å²) < 4.78 is 40.5. The summed E-state index contributed by atoms with van der Waals surface area (Å²) in [6, 6.07) is 0. The summed E-state index contributed by atoms with van der Waals surface area (Å²) in [5, 5.41) is 1.92. The number of nitrogens with zero attached hydrogens (tertiary/aromatic N) is 2. The molecule has 2 N–H and O–H groups in total. The van der Waals surface area contributed by atoms with Gasteiger partial charge in [-0.15, -0.1) is 11.3 Å². The lowest BCUT2D eigenvalue weighted by Gasteiger charge is -2.38. The Labute approximate surface area is 118 Å². The van der Waals surface area contributed by atoms with E-state index in [1.165, 1.54) is 11.3 Å². The highest BCUT2D eigenvalue weighted by Crippen LogP contribution is 2.41. The van der Waals surface area contributed by atoms with Crippen molar-refractivity contribution in [2.24, 2.45) is 11.7 Å². The van der Waals surface area contributed by atoms with Gasteiger partial charge >= 0.3 is 6.18 Å². The normalized spacial score (nSPS) is 28.1. The summed E-state index contributed by atoms with van der Waals surface area (Å²) in [6.07, 6.45) is 1.38. The summed E-state index contributed by atoms with van der Waals surface area (Å²) >= 11 is 1.50. The van der Waals surface area contributed by atoms with E-state index >= 15 is 0 Å². The minimum absolute atomic E-state index is 0.00166. The summed E-state index contributed by atoms with van der Waals surface area (Å²) in [5.41, 5.74) is 6.21. The van der Waals surface area contributed by atoms with Gasteiger partial charge in [0.25, 0.3) is 0 Å². The molecule has 0 bridgehead atoms. The molecule has 3 nitrogen and oxygen atoms in total. The fourth-order valence-electron chi connectivity index (χ4n) is 3.06. The van der Waals surface area contributed by atoms with Crippen LogP contribution in [0.15, 0.2) is 17.8 Å². The molecule has 0 aromatic carbocycles. The van der Waals surface area contributed by atoms with Crippen LogP contribution in [0.1, 0.15) is 31.4 Å². The van der Waals surface area contributed by atoms with Gasteiger partial charge < -0.3 is 5.73 Å². The van der Waals surface area contributed by atoms with E-state index < -0.39 is 17.6 Å². The molecule has 20 heavy (non-hydrogen) atoms. The minimum atomic E-state index is -4.14. The zero-order valence-corrected chi connectivity index (χ0v) is 11.7. The number of halogens is 3.